The third-order valence-electron chi connectivity index (χ3n) is 4.43. The number of morpholine rings is 1. The van der Waals surface area contributed by atoms with Crippen molar-refractivity contribution in [3.63, 3.8) is 0 Å². The predicted molar refractivity (Wildman–Crippen MR) is 89.4 cm³/mol. The molecule has 0 spiro atoms. The van der Waals surface area contributed by atoms with Crippen LogP contribution < -0.4 is 15.4 Å². The van der Waals surface area contributed by atoms with Crippen molar-refractivity contribution < 1.29 is 19.1 Å². The summed E-state index contributed by atoms with van der Waals surface area (Å²) in [4.78, 5) is 26.0. The van der Waals surface area contributed by atoms with Crippen LogP contribution in [-0.4, -0.2) is 61.7 Å². The molecule has 130 valence electrons. The van der Waals surface area contributed by atoms with Gasteiger partial charge in [0.2, 0.25) is 0 Å². The van der Waals surface area contributed by atoms with E-state index in [-0.39, 0.29) is 24.0 Å². The number of rotatable bonds is 4. The fraction of sp³-hybridized carbons (Fsp3) is 0.529. The number of ether oxygens (including phenoxy) is 2. The molecule has 24 heavy (non-hydrogen) atoms. The van der Waals surface area contributed by atoms with Gasteiger partial charge in [-0.3, -0.25) is 14.5 Å². The highest BCUT2D eigenvalue weighted by Crippen LogP contribution is 2.28. The van der Waals surface area contributed by atoms with Crippen molar-refractivity contribution in [1.82, 2.24) is 10.2 Å². The molecule has 0 saturated carbocycles. The predicted octanol–water partition coefficient (Wildman–Crippen LogP) is 0.858. The lowest BCUT2D eigenvalue weighted by Crippen LogP contribution is -2.55. The Bertz CT molecular complexity index is 639. The molecule has 3 rings (SSSR count). The van der Waals surface area contributed by atoms with Gasteiger partial charge in [0.05, 0.1) is 18.9 Å². The van der Waals surface area contributed by atoms with Crippen LogP contribution in [0.15, 0.2) is 18.2 Å². The van der Waals surface area contributed by atoms with Crippen molar-refractivity contribution in [2.24, 2.45) is 0 Å². The summed E-state index contributed by atoms with van der Waals surface area (Å²) in [6, 6.07) is 5.03. The lowest BCUT2D eigenvalue weighted by Gasteiger charge is -2.40. The molecule has 2 aliphatic heterocycles. The molecule has 0 unspecified atom stereocenters. The van der Waals surface area contributed by atoms with Gasteiger partial charge in [-0.15, -0.1) is 0 Å². The first-order valence-corrected chi connectivity index (χ1v) is 8.13. The number of hydrogen-bond donors (Lipinski definition) is 2. The summed E-state index contributed by atoms with van der Waals surface area (Å²) in [5.74, 6) is 0.182. The van der Waals surface area contributed by atoms with Crippen LogP contribution in [0.5, 0.6) is 5.75 Å². The summed E-state index contributed by atoms with van der Waals surface area (Å²) in [7, 11) is 0. The quantitative estimate of drug-likeness (QED) is 0.854. The molecule has 0 aromatic heterocycles. The van der Waals surface area contributed by atoms with Crippen molar-refractivity contribution in [2.45, 2.75) is 19.4 Å². The molecule has 2 heterocycles. The number of benzene rings is 1. The van der Waals surface area contributed by atoms with Crippen molar-refractivity contribution in [3.8, 4) is 5.75 Å². The van der Waals surface area contributed by atoms with Crippen molar-refractivity contribution in [2.75, 3.05) is 44.8 Å². The lowest BCUT2D eigenvalue weighted by molar-refractivity contribution is -0.118. The van der Waals surface area contributed by atoms with Crippen LogP contribution >= 0.6 is 0 Å². The Hall–Kier alpha value is -2.12. The van der Waals surface area contributed by atoms with Crippen LogP contribution in [0.1, 0.15) is 24.2 Å². The number of fused-ring (bicyclic) bond motifs is 1. The monoisotopic (exact) mass is 333 g/mol. The highest BCUT2D eigenvalue weighted by atomic mass is 16.5. The molecule has 0 atom stereocenters. The highest BCUT2D eigenvalue weighted by Gasteiger charge is 2.29. The van der Waals surface area contributed by atoms with Gasteiger partial charge in [-0.2, -0.15) is 0 Å². The van der Waals surface area contributed by atoms with Gasteiger partial charge in [-0.25, -0.2) is 0 Å². The smallest absolute Gasteiger partial charge is 0.262 e. The van der Waals surface area contributed by atoms with Crippen LogP contribution in [0.3, 0.4) is 0 Å². The van der Waals surface area contributed by atoms with E-state index < -0.39 is 0 Å². The normalized spacial score (nSPS) is 18.3. The number of carbonyl (C=O) groups is 2. The Morgan fingerprint density at radius 2 is 2.08 bits per heavy atom. The van der Waals surface area contributed by atoms with Crippen molar-refractivity contribution in [1.29, 1.82) is 0 Å². The Balaban J connectivity index is 1.61. The number of amides is 2. The van der Waals surface area contributed by atoms with E-state index in [9.17, 15) is 9.59 Å². The fourth-order valence-electron chi connectivity index (χ4n) is 2.89. The maximum atomic E-state index is 12.4. The van der Waals surface area contributed by atoms with Gasteiger partial charge in [-0.1, -0.05) is 0 Å². The molecular formula is C17H23N3O4. The van der Waals surface area contributed by atoms with E-state index in [1.54, 1.807) is 18.2 Å². The first kappa shape index (κ1) is 16.7. The van der Waals surface area contributed by atoms with Gasteiger partial charge in [0.1, 0.15) is 5.75 Å². The second kappa shape index (κ2) is 6.78. The molecule has 1 aromatic carbocycles. The Kier molecular flexibility index (Phi) is 4.73. The summed E-state index contributed by atoms with van der Waals surface area (Å²) < 4.78 is 10.7. The summed E-state index contributed by atoms with van der Waals surface area (Å²) in [5, 5.41) is 5.70. The molecule has 1 aromatic rings. The molecular weight excluding hydrogens is 310 g/mol. The lowest BCUT2D eigenvalue weighted by atomic mass is 10.0. The minimum absolute atomic E-state index is 0.0257. The average Bonchev–Trinajstić information content (AvgIpc) is 2.60. The Labute approximate surface area is 141 Å². The van der Waals surface area contributed by atoms with Crippen LogP contribution in [0.2, 0.25) is 0 Å². The van der Waals surface area contributed by atoms with E-state index in [2.05, 4.69) is 29.4 Å². The zero-order valence-electron chi connectivity index (χ0n) is 14.1. The topological polar surface area (TPSA) is 79.9 Å². The zero-order valence-corrected chi connectivity index (χ0v) is 14.1. The maximum absolute atomic E-state index is 12.4. The molecule has 2 amide bonds. The number of hydrogen-bond acceptors (Lipinski definition) is 5. The average molecular weight is 333 g/mol. The Morgan fingerprint density at radius 3 is 2.83 bits per heavy atom. The van der Waals surface area contributed by atoms with Crippen molar-refractivity contribution >= 4 is 17.5 Å². The third kappa shape index (κ3) is 3.68. The van der Waals surface area contributed by atoms with Gasteiger partial charge in [0.25, 0.3) is 11.8 Å². The van der Waals surface area contributed by atoms with Crippen LogP contribution in [0, 0.1) is 0 Å². The van der Waals surface area contributed by atoms with Gasteiger partial charge in [-0.05, 0) is 32.0 Å². The van der Waals surface area contributed by atoms with Gasteiger partial charge in [0.15, 0.2) is 6.61 Å². The van der Waals surface area contributed by atoms with Crippen LogP contribution in [0.25, 0.3) is 0 Å². The molecule has 7 heteroatoms. The summed E-state index contributed by atoms with van der Waals surface area (Å²) in [6.07, 6.45) is 0. The molecule has 0 aliphatic carbocycles. The summed E-state index contributed by atoms with van der Waals surface area (Å²) in [5.41, 5.74) is 0.970. The number of nitrogens with zero attached hydrogens (tertiary/aromatic N) is 1. The SMILES string of the molecule is CC(C)(CNC(=O)c1ccc2c(c1)OCC(=O)N2)N1CCOCC1. The van der Waals surface area contributed by atoms with E-state index in [4.69, 9.17) is 9.47 Å². The second-order valence-corrected chi connectivity index (χ2v) is 6.64. The molecule has 2 aliphatic rings. The van der Waals surface area contributed by atoms with Crippen molar-refractivity contribution in [3.05, 3.63) is 23.8 Å². The maximum Gasteiger partial charge on any atom is 0.262 e. The largest absolute Gasteiger partial charge is 0.482 e. The van der Waals surface area contributed by atoms with E-state index in [1.807, 2.05) is 0 Å². The minimum atomic E-state index is -0.188. The molecule has 1 saturated heterocycles. The van der Waals surface area contributed by atoms with Crippen LogP contribution in [-0.2, 0) is 9.53 Å². The Morgan fingerprint density at radius 1 is 1.33 bits per heavy atom. The van der Waals surface area contributed by atoms with Gasteiger partial charge in [0, 0.05) is 30.7 Å². The molecule has 2 N–H and O–H groups in total. The van der Waals surface area contributed by atoms with Gasteiger partial charge < -0.3 is 20.1 Å². The standard InChI is InChI=1S/C17H23N3O4/c1-17(2,20-5-7-23-8-6-20)11-18-16(22)12-3-4-13-14(9-12)24-10-15(21)19-13/h3-4,9H,5-8,10-11H2,1-2H3,(H,18,22)(H,19,21). The van der Waals surface area contributed by atoms with E-state index >= 15 is 0 Å². The van der Waals surface area contributed by atoms with Gasteiger partial charge >= 0.3 is 0 Å². The first-order valence-electron chi connectivity index (χ1n) is 8.13. The van der Waals surface area contributed by atoms with E-state index in [0.717, 1.165) is 26.3 Å². The molecule has 0 radical (unpaired) electrons. The summed E-state index contributed by atoms with van der Waals surface area (Å²) >= 11 is 0. The molecule has 0 bridgehead atoms. The number of anilines is 1. The minimum Gasteiger partial charge on any atom is -0.482 e. The number of nitrogens with one attached hydrogen (secondary N) is 2. The van der Waals surface area contributed by atoms with E-state index in [1.165, 1.54) is 0 Å². The van der Waals surface area contributed by atoms with E-state index in [0.29, 0.717) is 23.5 Å². The van der Waals surface area contributed by atoms with Crippen LogP contribution in [0.4, 0.5) is 5.69 Å². The fourth-order valence-corrected chi connectivity index (χ4v) is 2.89. The second-order valence-electron chi connectivity index (χ2n) is 6.64. The third-order valence-corrected chi connectivity index (χ3v) is 4.43. The number of carbonyl (C=O) groups excluding carboxylic acids is 2. The summed E-state index contributed by atoms with van der Waals surface area (Å²) in [6.45, 7) is 7.94. The zero-order chi connectivity index (χ0) is 17.2. The first-order chi connectivity index (χ1) is 11.5. The highest BCUT2D eigenvalue weighted by molar-refractivity contribution is 5.99. The molecule has 1 fully saturated rings. The molecule has 7 nitrogen and oxygen atoms in total.